The second-order valence-corrected chi connectivity index (χ2v) is 7.95. The number of carbonyl (C=O) groups is 1. The minimum Gasteiger partial charge on any atom is -0.296 e. The zero-order chi connectivity index (χ0) is 17.6. The van der Waals surface area contributed by atoms with Crippen molar-refractivity contribution in [2.45, 2.75) is 11.5 Å². The Morgan fingerprint density at radius 3 is 2.64 bits per heavy atom. The molecule has 1 aromatic heterocycles. The quantitative estimate of drug-likeness (QED) is 0.581. The standard InChI is InChI=1S/C17H13Cl2N3OS2/c18-12-6-7-13(14(19)8-12)16(23)20-17-22-21-15(25-17)10-24-9-11-4-2-1-3-5-11/h1-8H,9-10H2,(H,20,22,23). The largest absolute Gasteiger partial charge is 0.296 e. The predicted molar refractivity (Wildman–Crippen MR) is 106 cm³/mol. The third-order valence-electron chi connectivity index (χ3n) is 3.20. The van der Waals surface area contributed by atoms with Crippen molar-refractivity contribution in [1.29, 1.82) is 0 Å². The van der Waals surface area contributed by atoms with Gasteiger partial charge in [-0.1, -0.05) is 64.9 Å². The van der Waals surface area contributed by atoms with Gasteiger partial charge in [-0.3, -0.25) is 10.1 Å². The van der Waals surface area contributed by atoms with Crippen molar-refractivity contribution in [2.75, 3.05) is 5.32 Å². The van der Waals surface area contributed by atoms with Crippen LogP contribution in [0.1, 0.15) is 20.9 Å². The van der Waals surface area contributed by atoms with Crippen molar-refractivity contribution in [2.24, 2.45) is 0 Å². The highest BCUT2D eigenvalue weighted by Crippen LogP contribution is 2.25. The third kappa shape index (κ3) is 5.19. The van der Waals surface area contributed by atoms with Crippen LogP contribution >= 0.6 is 46.3 Å². The van der Waals surface area contributed by atoms with Crippen LogP contribution in [-0.4, -0.2) is 16.1 Å². The van der Waals surface area contributed by atoms with Gasteiger partial charge in [-0.25, -0.2) is 0 Å². The van der Waals surface area contributed by atoms with Gasteiger partial charge in [-0.15, -0.1) is 22.0 Å². The number of thioether (sulfide) groups is 1. The van der Waals surface area contributed by atoms with Crippen LogP contribution in [0.15, 0.2) is 48.5 Å². The summed E-state index contributed by atoms with van der Waals surface area (Å²) in [6.07, 6.45) is 0. The highest BCUT2D eigenvalue weighted by molar-refractivity contribution is 7.97. The molecule has 0 fully saturated rings. The Labute approximate surface area is 163 Å². The highest BCUT2D eigenvalue weighted by atomic mass is 35.5. The summed E-state index contributed by atoms with van der Waals surface area (Å²) in [5, 5.41) is 12.9. The minimum atomic E-state index is -0.332. The van der Waals surface area contributed by atoms with E-state index in [1.807, 2.05) is 18.2 Å². The van der Waals surface area contributed by atoms with Gasteiger partial charge in [0.05, 0.1) is 10.6 Å². The number of amides is 1. The molecule has 0 saturated heterocycles. The average Bonchev–Trinajstić information content (AvgIpc) is 3.03. The number of carbonyl (C=O) groups excluding carboxylic acids is 1. The number of hydrogen-bond acceptors (Lipinski definition) is 5. The minimum absolute atomic E-state index is 0.299. The smallest absolute Gasteiger partial charge is 0.259 e. The lowest BCUT2D eigenvalue weighted by Gasteiger charge is -2.03. The molecule has 1 amide bonds. The van der Waals surface area contributed by atoms with Gasteiger partial charge < -0.3 is 0 Å². The van der Waals surface area contributed by atoms with Crippen LogP contribution in [-0.2, 0) is 11.5 Å². The van der Waals surface area contributed by atoms with E-state index in [1.54, 1.807) is 23.9 Å². The van der Waals surface area contributed by atoms with E-state index >= 15 is 0 Å². The van der Waals surface area contributed by atoms with Gasteiger partial charge >= 0.3 is 0 Å². The summed E-state index contributed by atoms with van der Waals surface area (Å²) in [5.74, 6) is 1.31. The molecule has 3 aromatic rings. The highest BCUT2D eigenvalue weighted by Gasteiger charge is 2.13. The molecule has 0 aliphatic heterocycles. The van der Waals surface area contributed by atoms with E-state index in [1.165, 1.54) is 23.0 Å². The molecule has 8 heteroatoms. The summed E-state index contributed by atoms with van der Waals surface area (Å²) in [4.78, 5) is 12.2. The van der Waals surface area contributed by atoms with E-state index in [4.69, 9.17) is 23.2 Å². The number of aromatic nitrogens is 2. The Morgan fingerprint density at radius 1 is 1.08 bits per heavy atom. The molecule has 0 aliphatic rings. The molecular weight excluding hydrogens is 397 g/mol. The van der Waals surface area contributed by atoms with E-state index in [-0.39, 0.29) is 5.91 Å². The number of anilines is 1. The summed E-state index contributed by atoms with van der Waals surface area (Å²) >= 11 is 15.0. The second-order valence-electron chi connectivity index (χ2n) is 5.06. The lowest BCUT2D eigenvalue weighted by atomic mass is 10.2. The van der Waals surface area contributed by atoms with E-state index in [2.05, 4.69) is 27.6 Å². The third-order valence-corrected chi connectivity index (χ3v) is 5.78. The molecule has 0 unspecified atom stereocenters. The molecule has 0 radical (unpaired) electrons. The Morgan fingerprint density at radius 2 is 1.88 bits per heavy atom. The van der Waals surface area contributed by atoms with Crippen molar-refractivity contribution in [3.63, 3.8) is 0 Å². The number of benzene rings is 2. The van der Waals surface area contributed by atoms with Crippen LogP contribution in [0.5, 0.6) is 0 Å². The van der Waals surface area contributed by atoms with Crippen LogP contribution < -0.4 is 5.32 Å². The Hall–Kier alpha value is -1.60. The normalized spacial score (nSPS) is 10.6. The van der Waals surface area contributed by atoms with E-state index in [0.29, 0.717) is 20.7 Å². The maximum Gasteiger partial charge on any atom is 0.259 e. The van der Waals surface area contributed by atoms with Gasteiger partial charge in [0.1, 0.15) is 5.01 Å². The van der Waals surface area contributed by atoms with E-state index < -0.39 is 0 Å². The summed E-state index contributed by atoms with van der Waals surface area (Å²) in [5.41, 5.74) is 1.61. The number of nitrogens with zero attached hydrogens (tertiary/aromatic N) is 2. The van der Waals surface area contributed by atoms with Crippen molar-refractivity contribution >= 4 is 57.3 Å². The fraction of sp³-hybridized carbons (Fsp3) is 0.118. The summed E-state index contributed by atoms with van der Waals surface area (Å²) in [6, 6.07) is 15.0. The molecule has 0 atom stereocenters. The maximum atomic E-state index is 12.2. The zero-order valence-corrected chi connectivity index (χ0v) is 16.1. The first-order valence-electron chi connectivity index (χ1n) is 7.32. The molecule has 2 aromatic carbocycles. The summed E-state index contributed by atoms with van der Waals surface area (Å²) in [7, 11) is 0. The topological polar surface area (TPSA) is 54.9 Å². The summed E-state index contributed by atoms with van der Waals surface area (Å²) in [6.45, 7) is 0. The van der Waals surface area contributed by atoms with Gasteiger partial charge in [0, 0.05) is 16.5 Å². The van der Waals surface area contributed by atoms with Gasteiger partial charge in [-0.2, -0.15) is 0 Å². The van der Waals surface area contributed by atoms with E-state index in [9.17, 15) is 4.79 Å². The molecule has 0 spiro atoms. The van der Waals surface area contributed by atoms with Crippen LogP contribution in [0, 0.1) is 0 Å². The Kier molecular flexibility index (Phi) is 6.31. The SMILES string of the molecule is O=C(Nc1nnc(CSCc2ccccc2)s1)c1ccc(Cl)cc1Cl. The fourth-order valence-electron chi connectivity index (χ4n) is 2.03. The Balaban J connectivity index is 1.55. The van der Waals surface area contributed by atoms with Gasteiger partial charge in [0.25, 0.3) is 5.91 Å². The molecule has 25 heavy (non-hydrogen) atoms. The average molecular weight is 410 g/mol. The van der Waals surface area contributed by atoms with Crippen LogP contribution in [0.3, 0.4) is 0 Å². The summed E-state index contributed by atoms with van der Waals surface area (Å²) < 4.78 is 0. The number of rotatable bonds is 6. The molecule has 0 saturated carbocycles. The number of halogens is 2. The second kappa shape index (κ2) is 8.67. The monoisotopic (exact) mass is 409 g/mol. The maximum absolute atomic E-state index is 12.2. The molecule has 0 aliphatic carbocycles. The number of nitrogens with one attached hydrogen (secondary N) is 1. The lowest BCUT2D eigenvalue weighted by molar-refractivity contribution is 0.102. The zero-order valence-electron chi connectivity index (χ0n) is 12.9. The van der Waals surface area contributed by atoms with Crippen molar-refractivity contribution in [1.82, 2.24) is 10.2 Å². The molecule has 3 rings (SSSR count). The first-order chi connectivity index (χ1) is 12.1. The van der Waals surface area contributed by atoms with Crippen molar-refractivity contribution in [3.8, 4) is 0 Å². The van der Waals surface area contributed by atoms with Crippen LogP contribution in [0.4, 0.5) is 5.13 Å². The lowest BCUT2D eigenvalue weighted by Crippen LogP contribution is -2.12. The number of hydrogen-bond donors (Lipinski definition) is 1. The molecule has 4 nitrogen and oxygen atoms in total. The van der Waals surface area contributed by atoms with Crippen molar-refractivity contribution in [3.05, 3.63) is 74.7 Å². The van der Waals surface area contributed by atoms with Gasteiger partial charge in [-0.05, 0) is 23.8 Å². The molecular formula is C17H13Cl2N3OS2. The molecule has 1 heterocycles. The predicted octanol–water partition coefficient (Wildman–Crippen LogP) is 5.53. The van der Waals surface area contributed by atoms with Crippen molar-refractivity contribution < 1.29 is 4.79 Å². The Bertz CT molecular complexity index is 871. The van der Waals surface area contributed by atoms with E-state index in [0.717, 1.165) is 16.5 Å². The van der Waals surface area contributed by atoms with Gasteiger partial charge in [0.2, 0.25) is 5.13 Å². The molecule has 0 bridgehead atoms. The first-order valence-corrected chi connectivity index (χ1v) is 10.0. The first kappa shape index (κ1) is 18.2. The van der Waals surface area contributed by atoms with Crippen LogP contribution in [0.2, 0.25) is 10.0 Å². The van der Waals surface area contributed by atoms with Crippen LogP contribution in [0.25, 0.3) is 0 Å². The van der Waals surface area contributed by atoms with Gasteiger partial charge in [0.15, 0.2) is 0 Å². The molecule has 1 N–H and O–H groups in total. The molecule has 128 valence electrons. The fourth-order valence-corrected chi connectivity index (χ4v) is 4.30.